The number of rotatable bonds is 3. The van der Waals surface area contributed by atoms with E-state index in [4.69, 9.17) is 11.6 Å². The fraction of sp³-hybridized carbons (Fsp3) is 0.571. The smallest absolute Gasteiger partial charge is 0.282 e. The molecule has 0 aromatic heterocycles. The Labute approximate surface area is 131 Å². The Bertz CT molecular complexity index is 577. The van der Waals surface area contributed by atoms with Crippen LogP contribution < -0.4 is 4.90 Å². The highest BCUT2D eigenvalue weighted by Crippen LogP contribution is 2.22. The number of nitrogens with zero attached hydrogens (tertiary/aromatic N) is 3. The minimum atomic E-state index is -3.26. The summed E-state index contributed by atoms with van der Waals surface area (Å²) in [5, 5.41) is 0.717. The fourth-order valence-corrected chi connectivity index (χ4v) is 4.71. The van der Waals surface area contributed by atoms with Crippen LogP contribution in [0, 0.1) is 0 Å². The maximum absolute atomic E-state index is 12.5. The second-order valence-electron chi connectivity index (χ2n) is 5.48. The minimum Gasteiger partial charge on any atom is -0.369 e. The van der Waals surface area contributed by atoms with E-state index >= 15 is 0 Å². The zero-order valence-electron chi connectivity index (χ0n) is 11.9. The number of piperazine rings is 1. The zero-order chi connectivity index (χ0) is 14.9. The van der Waals surface area contributed by atoms with Crippen LogP contribution in [-0.2, 0) is 10.2 Å². The lowest BCUT2D eigenvalue weighted by molar-refractivity contribution is 0.343. The topological polar surface area (TPSA) is 43.9 Å². The minimum absolute atomic E-state index is 0.543. The molecule has 0 unspecified atom stereocenters. The van der Waals surface area contributed by atoms with E-state index in [9.17, 15) is 8.42 Å². The molecule has 0 radical (unpaired) electrons. The first-order valence-electron chi connectivity index (χ1n) is 7.33. The highest BCUT2D eigenvalue weighted by molar-refractivity contribution is 7.86. The van der Waals surface area contributed by atoms with E-state index in [0.29, 0.717) is 44.3 Å². The molecule has 2 aliphatic heterocycles. The van der Waals surface area contributed by atoms with Gasteiger partial charge < -0.3 is 4.90 Å². The van der Waals surface area contributed by atoms with Crippen LogP contribution in [0.25, 0.3) is 0 Å². The predicted molar refractivity (Wildman–Crippen MR) is 85.0 cm³/mol. The normalized spacial score (nSPS) is 21.9. The second kappa shape index (κ2) is 6.12. The van der Waals surface area contributed by atoms with Crippen LogP contribution in [0.2, 0.25) is 5.02 Å². The maximum atomic E-state index is 12.5. The Morgan fingerprint density at radius 2 is 1.33 bits per heavy atom. The molecule has 116 valence electrons. The van der Waals surface area contributed by atoms with Gasteiger partial charge in [-0.3, -0.25) is 0 Å². The summed E-state index contributed by atoms with van der Waals surface area (Å²) in [5.41, 5.74) is 1.10. The van der Waals surface area contributed by atoms with Gasteiger partial charge in [0.2, 0.25) is 0 Å². The van der Waals surface area contributed by atoms with Crippen molar-refractivity contribution >= 4 is 27.5 Å². The van der Waals surface area contributed by atoms with E-state index in [1.54, 1.807) is 8.61 Å². The first-order chi connectivity index (χ1) is 10.1. The average Bonchev–Trinajstić information content (AvgIpc) is 3.03. The third-order valence-electron chi connectivity index (χ3n) is 4.15. The molecule has 0 atom stereocenters. The lowest BCUT2D eigenvalue weighted by Gasteiger charge is -2.36. The van der Waals surface area contributed by atoms with Gasteiger partial charge in [0.1, 0.15) is 0 Å². The van der Waals surface area contributed by atoms with Crippen LogP contribution >= 0.6 is 11.6 Å². The lowest BCUT2D eigenvalue weighted by atomic mass is 10.2. The van der Waals surface area contributed by atoms with Gasteiger partial charge in [-0.15, -0.1) is 0 Å². The SMILES string of the molecule is O=S(=O)(N1CCCC1)N1CCN(c2ccc(Cl)cc2)CC1. The molecule has 2 aliphatic rings. The Balaban J connectivity index is 1.63. The number of benzene rings is 1. The van der Waals surface area contributed by atoms with E-state index < -0.39 is 10.2 Å². The second-order valence-corrected chi connectivity index (χ2v) is 7.84. The molecule has 0 bridgehead atoms. The Morgan fingerprint density at radius 1 is 0.810 bits per heavy atom. The molecule has 2 fully saturated rings. The van der Waals surface area contributed by atoms with Gasteiger partial charge in [0.15, 0.2) is 0 Å². The molecule has 0 N–H and O–H groups in total. The molecule has 0 saturated carbocycles. The van der Waals surface area contributed by atoms with Crippen molar-refractivity contribution in [1.29, 1.82) is 0 Å². The van der Waals surface area contributed by atoms with Gasteiger partial charge >= 0.3 is 0 Å². The number of hydrogen-bond donors (Lipinski definition) is 0. The van der Waals surface area contributed by atoms with Crippen LogP contribution in [-0.4, -0.2) is 56.3 Å². The fourth-order valence-electron chi connectivity index (χ4n) is 2.91. The highest BCUT2D eigenvalue weighted by Gasteiger charge is 2.33. The van der Waals surface area contributed by atoms with E-state index in [2.05, 4.69) is 4.90 Å². The first kappa shape index (κ1) is 15.1. The average molecular weight is 330 g/mol. The summed E-state index contributed by atoms with van der Waals surface area (Å²) in [6.45, 7) is 3.85. The van der Waals surface area contributed by atoms with Crippen molar-refractivity contribution in [3.63, 3.8) is 0 Å². The highest BCUT2D eigenvalue weighted by atomic mass is 35.5. The molecule has 2 saturated heterocycles. The van der Waals surface area contributed by atoms with E-state index in [0.717, 1.165) is 18.5 Å². The molecule has 0 aliphatic carbocycles. The molecule has 1 aromatic carbocycles. The summed E-state index contributed by atoms with van der Waals surface area (Å²) in [5.74, 6) is 0. The van der Waals surface area contributed by atoms with Gasteiger partial charge in [-0.25, -0.2) is 0 Å². The van der Waals surface area contributed by atoms with E-state index in [-0.39, 0.29) is 0 Å². The van der Waals surface area contributed by atoms with Crippen LogP contribution in [0.4, 0.5) is 5.69 Å². The molecule has 7 heteroatoms. The van der Waals surface area contributed by atoms with E-state index in [1.807, 2.05) is 24.3 Å². The monoisotopic (exact) mass is 329 g/mol. The lowest BCUT2D eigenvalue weighted by Crippen LogP contribution is -2.52. The van der Waals surface area contributed by atoms with Crippen molar-refractivity contribution in [3.8, 4) is 0 Å². The van der Waals surface area contributed by atoms with Gasteiger partial charge in [-0.1, -0.05) is 11.6 Å². The predicted octanol–water partition coefficient (Wildman–Crippen LogP) is 1.80. The molecule has 2 heterocycles. The molecule has 1 aromatic rings. The van der Waals surface area contributed by atoms with Crippen LogP contribution in [0.15, 0.2) is 24.3 Å². The van der Waals surface area contributed by atoms with Crippen LogP contribution in [0.1, 0.15) is 12.8 Å². The number of halogens is 1. The van der Waals surface area contributed by atoms with Crippen molar-refractivity contribution in [2.75, 3.05) is 44.2 Å². The standard InChI is InChI=1S/C14H20ClN3O2S/c15-13-3-5-14(6-4-13)16-9-11-18(12-10-16)21(19,20)17-7-1-2-8-17/h3-6H,1-2,7-12H2. The molecule has 21 heavy (non-hydrogen) atoms. The van der Waals surface area contributed by atoms with Crippen molar-refractivity contribution in [3.05, 3.63) is 29.3 Å². The summed E-state index contributed by atoms with van der Waals surface area (Å²) in [6.07, 6.45) is 1.95. The number of hydrogen-bond acceptors (Lipinski definition) is 3. The molecule has 0 amide bonds. The third-order valence-corrected chi connectivity index (χ3v) is 6.44. The molecule has 0 spiro atoms. The Hall–Kier alpha value is -0.820. The molecular weight excluding hydrogens is 310 g/mol. The Morgan fingerprint density at radius 3 is 1.90 bits per heavy atom. The largest absolute Gasteiger partial charge is 0.369 e. The van der Waals surface area contributed by atoms with Gasteiger partial charge in [-0.05, 0) is 37.1 Å². The summed E-state index contributed by atoms with van der Waals surface area (Å²) >= 11 is 5.89. The van der Waals surface area contributed by atoms with Crippen molar-refractivity contribution in [1.82, 2.24) is 8.61 Å². The van der Waals surface area contributed by atoms with Crippen LogP contribution in [0.3, 0.4) is 0 Å². The summed E-state index contributed by atoms with van der Waals surface area (Å²) in [4.78, 5) is 2.20. The molecule has 3 rings (SSSR count). The number of anilines is 1. The molecule has 5 nitrogen and oxygen atoms in total. The maximum Gasteiger partial charge on any atom is 0.282 e. The van der Waals surface area contributed by atoms with Crippen molar-refractivity contribution in [2.24, 2.45) is 0 Å². The molecular formula is C14H20ClN3O2S. The van der Waals surface area contributed by atoms with E-state index in [1.165, 1.54) is 0 Å². The van der Waals surface area contributed by atoms with Gasteiger partial charge in [0.25, 0.3) is 10.2 Å². The van der Waals surface area contributed by atoms with Crippen LogP contribution in [0.5, 0.6) is 0 Å². The summed E-state index contributed by atoms with van der Waals surface area (Å²) < 4.78 is 28.2. The quantitative estimate of drug-likeness (QED) is 0.849. The third kappa shape index (κ3) is 3.18. The summed E-state index contributed by atoms with van der Waals surface area (Å²) in [7, 11) is -3.26. The van der Waals surface area contributed by atoms with Gasteiger partial charge in [0.05, 0.1) is 0 Å². The van der Waals surface area contributed by atoms with Crippen molar-refractivity contribution in [2.45, 2.75) is 12.8 Å². The zero-order valence-corrected chi connectivity index (χ0v) is 13.5. The van der Waals surface area contributed by atoms with Gasteiger partial charge in [0, 0.05) is 50.0 Å². The van der Waals surface area contributed by atoms with Gasteiger partial charge in [-0.2, -0.15) is 17.0 Å². The summed E-state index contributed by atoms with van der Waals surface area (Å²) in [6, 6.07) is 7.69. The Kier molecular flexibility index (Phi) is 4.40. The first-order valence-corrected chi connectivity index (χ1v) is 9.10. The van der Waals surface area contributed by atoms with Crippen molar-refractivity contribution < 1.29 is 8.42 Å².